The van der Waals surface area contributed by atoms with E-state index in [9.17, 15) is 4.39 Å². The zero-order valence-corrected chi connectivity index (χ0v) is 18.9. The van der Waals surface area contributed by atoms with Gasteiger partial charge in [0.25, 0.3) is 0 Å². The second-order valence-electron chi connectivity index (χ2n) is 9.07. The molecule has 0 spiro atoms. The summed E-state index contributed by atoms with van der Waals surface area (Å²) in [6, 6.07) is 18.4. The minimum atomic E-state index is -0.218. The van der Waals surface area contributed by atoms with E-state index in [-0.39, 0.29) is 5.82 Å². The zero-order chi connectivity index (χ0) is 21.6. The number of hydrogen-bond donors (Lipinski definition) is 0. The van der Waals surface area contributed by atoms with E-state index in [1.54, 1.807) is 6.07 Å². The fraction of sp³-hybridized carbons (Fsp3) is 0.400. The maximum Gasteiger partial charge on any atom is 0.146 e. The lowest BCUT2D eigenvalue weighted by Crippen LogP contribution is -2.13. The van der Waals surface area contributed by atoms with Crippen LogP contribution in [0.1, 0.15) is 87.0 Å². The second-order valence-corrected chi connectivity index (χ2v) is 9.07. The van der Waals surface area contributed by atoms with E-state index < -0.39 is 0 Å². The molecule has 0 bridgehead atoms. The highest BCUT2D eigenvalue weighted by Crippen LogP contribution is 2.37. The predicted molar refractivity (Wildman–Crippen MR) is 130 cm³/mol. The molecule has 31 heavy (non-hydrogen) atoms. The summed E-state index contributed by atoms with van der Waals surface area (Å²) in [6.45, 7) is 4.40. The Balaban J connectivity index is 1.44. The molecule has 1 heteroatoms. The van der Waals surface area contributed by atoms with E-state index in [2.05, 4.69) is 56.0 Å². The Bertz CT molecular complexity index is 1070. The van der Waals surface area contributed by atoms with Gasteiger partial charge in [-0.2, -0.15) is 0 Å². The highest BCUT2D eigenvalue weighted by Gasteiger charge is 2.21. The zero-order valence-electron chi connectivity index (χ0n) is 18.9. The molecule has 160 valence electrons. The van der Waals surface area contributed by atoms with E-state index in [4.69, 9.17) is 0 Å². The summed E-state index contributed by atoms with van der Waals surface area (Å²) in [7, 11) is 0. The monoisotopic (exact) mass is 412 g/mol. The molecule has 3 aromatic rings. The van der Waals surface area contributed by atoms with Gasteiger partial charge in [-0.25, -0.2) is 4.39 Å². The van der Waals surface area contributed by atoms with E-state index >= 15 is 0 Å². The van der Waals surface area contributed by atoms with Gasteiger partial charge in [0.15, 0.2) is 0 Å². The summed E-state index contributed by atoms with van der Waals surface area (Å²) in [5.41, 5.74) is 4.07. The van der Waals surface area contributed by atoms with Crippen molar-refractivity contribution in [3.8, 4) is 11.8 Å². The summed E-state index contributed by atoms with van der Waals surface area (Å²) < 4.78 is 14.9. The first-order chi connectivity index (χ1) is 15.2. The van der Waals surface area contributed by atoms with Crippen molar-refractivity contribution in [1.29, 1.82) is 0 Å². The Hall–Kier alpha value is -2.59. The van der Waals surface area contributed by atoms with Gasteiger partial charge in [-0.1, -0.05) is 81.3 Å². The lowest BCUT2D eigenvalue weighted by Gasteiger charge is -2.28. The average molecular weight is 413 g/mol. The first kappa shape index (κ1) is 21.6. The first-order valence-electron chi connectivity index (χ1n) is 12.0. The summed E-state index contributed by atoms with van der Waals surface area (Å²) in [5, 5.41) is 1.59. The minimum absolute atomic E-state index is 0.218. The van der Waals surface area contributed by atoms with Crippen LogP contribution in [0.4, 0.5) is 4.39 Å². The van der Waals surface area contributed by atoms with Crippen molar-refractivity contribution < 1.29 is 4.39 Å². The van der Waals surface area contributed by atoms with Crippen LogP contribution in [0.25, 0.3) is 10.8 Å². The number of unbranched alkanes of at least 4 members (excludes halogenated alkanes) is 1. The number of aryl methyl sites for hydroxylation is 1. The number of rotatable bonds is 5. The van der Waals surface area contributed by atoms with Crippen molar-refractivity contribution in [3.05, 3.63) is 82.7 Å². The molecule has 1 aliphatic carbocycles. The molecule has 1 saturated carbocycles. The third kappa shape index (κ3) is 5.19. The Morgan fingerprint density at radius 2 is 1.65 bits per heavy atom. The van der Waals surface area contributed by atoms with Crippen LogP contribution in [0.5, 0.6) is 0 Å². The summed E-state index contributed by atoms with van der Waals surface area (Å²) >= 11 is 0. The molecule has 4 rings (SSSR count). The third-order valence-electron chi connectivity index (χ3n) is 6.96. The van der Waals surface area contributed by atoms with Crippen LogP contribution in [0, 0.1) is 23.6 Å². The van der Waals surface area contributed by atoms with Gasteiger partial charge in [-0.05, 0) is 78.7 Å². The summed E-state index contributed by atoms with van der Waals surface area (Å²) in [6.07, 6.45) is 10.4. The largest absolute Gasteiger partial charge is 0.205 e. The van der Waals surface area contributed by atoms with Gasteiger partial charge in [-0.15, -0.1) is 0 Å². The van der Waals surface area contributed by atoms with Crippen LogP contribution < -0.4 is 0 Å². The van der Waals surface area contributed by atoms with Crippen molar-refractivity contribution >= 4 is 10.8 Å². The lowest BCUT2D eigenvalue weighted by atomic mass is 9.77. The fourth-order valence-electron chi connectivity index (χ4n) is 4.91. The SMILES string of the molecule is CCCCC1CCC(c2ccc(C#Cc3ccc4cc(CC)ccc4c3F)cc2)CC1. The van der Waals surface area contributed by atoms with Gasteiger partial charge < -0.3 is 0 Å². The predicted octanol–water partition coefficient (Wildman–Crippen LogP) is 8.41. The molecule has 3 aromatic carbocycles. The fourth-order valence-corrected chi connectivity index (χ4v) is 4.91. The Labute approximate surface area is 186 Å². The van der Waals surface area contributed by atoms with E-state index in [0.29, 0.717) is 16.9 Å². The quantitative estimate of drug-likeness (QED) is 0.369. The van der Waals surface area contributed by atoms with Crippen molar-refractivity contribution in [1.82, 2.24) is 0 Å². The van der Waals surface area contributed by atoms with E-state index in [0.717, 1.165) is 23.3 Å². The molecule has 1 fully saturated rings. The molecule has 0 atom stereocenters. The Kier molecular flexibility index (Phi) is 7.08. The summed E-state index contributed by atoms with van der Waals surface area (Å²) in [4.78, 5) is 0. The maximum absolute atomic E-state index is 14.9. The van der Waals surface area contributed by atoms with E-state index in [1.807, 2.05) is 18.2 Å². The molecule has 0 amide bonds. The van der Waals surface area contributed by atoms with Crippen molar-refractivity contribution in [2.45, 2.75) is 71.1 Å². The molecular formula is C30H33F. The smallest absolute Gasteiger partial charge is 0.146 e. The molecular weight excluding hydrogens is 379 g/mol. The van der Waals surface area contributed by atoms with Gasteiger partial charge >= 0.3 is 0 Å². The standard InChI is InChI=1S/C30H33F/c1-3-5-6-23-7-13-25(14-8-23)26-15-9-24(10-16-26)11-17-27-18-19-28-21-22(4-2)12-20-29(28)30(27)31/h9-10,12,15-16,18-21,23,25H,3-8,13-14H2,1-2H3. The molecule has 0 radical (unpaired) electrons. The number of hydrogen-bond acceptors (Lipinski definition) is 0. The minimum Gasteiger partial charge on any atom is -0.205 e. The van der Waals surface area contributed by atoms with Gasteiger partial charge in [0, 0.05) is 10.9 Å². The molecule has 0 heterocycles. The van der Waals surface area contributed by atoms with Crippen LogP contribution >= 0.6 is 0 Å². The van der Waals surface area contributed by atoms with Gasteiger partial charge in [0.2, 0.25) is 0 Å². The number of fused-ring (bicyclic) bond motifs is 1. The Morgan fingerprint density at radius 3 is 2.35 bits per heavy atom. The molecule has 0 aromatic heterocycles. The topological polar surface area (TPSA) is 0 Å². The molecule has 0 N–H and O–H groups in total. The maximum atomic E-state index is 14.9. The molecule has 1 aliphatic rings. The van der Waals surface area contributed by atoms with Crippen LogP contribution in [-0.4, -0.2) is 0 Å². The van der Waals surface area contributed by atoms with Gasteiger partial charge in [0.05, 0.1) is 5.56 Å². The second kappa shape index (κ2) is 10.1. The van der Waals surface area contributed by atoms with Gasteiger partial charge in [0.1, 0.15) is 5.82 Å². The molecule has 0 unspecified atom stereocenters. The van der Waals surface area contributed by atoms with Crippen LogP contribution in [0.15, 0.2) is 54.6 Å². The average Bonchev–Trinajstić information content (AvgIpc) is 2.83. The third-order valence-corrected chi connectivity index (χ3v) is 6.96. The van der Waals surface area contributed by atoms with Gasteiger partial charge in [-0.3, -0.25) is 0 Å². The number of halogens is 1. The van der Waals surface area contributed by atoms with Crippen LogP contribution in [-0.2, 0) is 6.42 Å². The molecule has 0 nitrogen and oxygen atoms in total. The van der Waals surface area contributed by atoms with Crippen LogP contribution in [0.3, 0.4) is 0 Å². The lowest BCUT2D eigenvalue weighted by molar-refractivity contribution is 0.304. The highest BCUT2D eigenvalue weighted by atomic mass is 19.1. The van der Waals surface area contributed by atoms with Crippen LogP contribution in [0.2, 0.25) is 0 Å². The highest BCUT2D eigenvalue weighted by molar-refractivity contribution is 5.85. The van der Waals surface area contributed by atoms with Crippen molar-refractivity contribution in [2.24, 2.45) is 5.92 Å². The summed E-state index contributed by atoms with van der Waals surface area (Å²) in [5.74, 6) is 7.61. The normalized spacial score (nSPS) is 18.5. The van der Waals surface area contributed by atoms with Crippen molar-refractivity contribution in [2.75, 3.05) is 0 Å². The molecule has 0 aliphatic heterocycles. The van der Waals surface area contributed by atoms with E-state index in [1.165, 1.54) is 56.1 Å². The Morgan fingerprint density at radius 1 is 0.871 bits per heavy atom. The first-order valence-corrected chi connectivity index (χ1v) is 12.0. The molecule has 0 saturated heterocycles. The number of benzene rings is 3. The van der Waals surface area contributed by atoms with Crippen molar-refractivity contribution in [3.63, 3.8) is 0 Å².